The number of carbonyl (C=O) groups excluding carboxylic acids is 1. The molecule has 1 saturated heterocycles. The molecule has 1 aromatic carbocycles. The third kappa shape index (κ3) is 5.26. The van der Waals surface area contributed by atoms with E-state index in [4.69, 9.17) is 0 Å². The molecule has 25 heavy (non-hydrogen) atoms. The van der Waals surface area contributed by atoms with Crippen LogP contribution in [0.15, 0.2) is 42.6 Å². The van der Waals surface area contributed by atoms with Gasteiger partial charge in [0, 0.05) is 37.9 Å². The number of para-hydroxylation sites is 1. The van der Waals surface area contributed by atoms with Crippen LogP contribution in [0.3, 0.4) is 0 Å². The minimum atomic E-state index is -0.145. The Morgan fingerprint density at radius 3 is 2.92 bits per heavy atom. The fraction of sp³-hybridized carbons (Fsp3) is 0.421. The molecular weight excluding hydrogens is 314 g/mol. The van der Waals surface area contributed by atoms with Gasteiger partial charge in [0.2, 0.25) is 0 Å². The second kappa shape index (κ2) is 8.58. The van der Waals surface area contributed by atoms with E-state index in [9.17, 15) is 4.79 Å². The lowest BCUT2D eigenvalue weighted by atomic mass is 10.1. The third-order valence-electron chi connectivity index (χ3n) is 4.42. The van der Waals surface area contributed by atoms with Crippen LogP contribution in [-0.4, -0.2) is 40.5 Å². The number of benzene rings is 1. The van der Waals surface area contributed by atoms with Gasteiger partial charge in [0.25, 0.3) is 0 Å². The Kier molecular flexibility index (Phi) is 5.95. The first-order chi connectivity index (χ1) is 12.2. The maximum absolute atomic E-state index is 12.0. The van der Waals surface area contributed by atoms with E-state index in [1.165, 1.54) is 0 Å². The molecular formula is C19H25N5O. The minimum absolute atomic E-state index is 0.145. The number of hydrogen-bond acceptors (Lipinski definition) is 4. The Bertz CT molecular complexity index is 691. The van der Waals surface area contributed by atoms with Crippen LogP contribution < -0.4 is 10.6 Å². The molecule has 0 aliphatic carbocycles. The van der Waals surface area contributed by atoms with Crippen molar-refractivity contribution in [1.82, 2.24) is 20.2 Å². The Labute approximate surface area is 148 Å². The van der Waals surface area contributed by atoms with E-state index >= 15 is 0 Å². The number of likely N-dealkylation sites (tertiary alicyclic amines) is 1. The SMILES string of the molecule is CCc1nccc(CN2CC[C@H](CNC(=O)Nc3ccccc3)C2)n1. The fourth-order valence-electron chi connectivity index (χ4n) is 3.09. The van der Waals surface area contributed by atoms with Gasteiger partial charge in [-0.2, -0.15) is 0 Å². The summed E-state index contributed by atoms with van der Waals surface area (Å²) in [6.07, 6.45) is 3.79. The van der Waals surface area contributed by atoms with Gasteiger partial charge in [0.15, 0.2) is 0 Å². The summed E-state index contributed by atoms with van der Waals surface area (Å²) in [6, 6.07) is 11.3. The van der Waals surface area contributed by atoms with Gasteiger partial charge in [-0.25, -0.2) is 14.8 Å². The fourth-order valence-corrected chi connectivity index (χ4v) is 3.09. The van der Waals surface area contributed by atoms with Crippen LogP contribution in [0, 0.1) is 5.92 Å². The van der Waals surface area contributed by atoms with E-state index in [0.29, 0.717) is 12.5 Å². The standard InChI is InChI=1S/C19H25N5O/c1-2-18-20-10-8-17(22-18)14-24-11-9-15(13-24)12-21-19(25)23-16-6-4-3-5-7-16/h3-8,10,15H,2,9,11-14H2,1H3,(H2,21,23,25)/t15-/m1/s1. The molecule has 2 aromatic rings. The van der Waals surface area contributed by atoms with Gasteiger partial charge in [-0.05, 0) is 37.1 Å². The molecule has 2 amide bonds. The van der Waals surface area contributed by atoms with Crippen LogP contribution in [-0.2, 0) is 13.0 Å². The summed E-state index contributed by atoms with van der Waals surface area (Å²) in [6.45, 7) is 5.63. The zero-order valence-corrected chi connectivity index (χ0v) is 14.6. The first-order valence-electron chi connectivity index (χ1n) is 8.86. The molecule has 132 valence electrons. The van der Waals surface area contributed by atoms with Crippen LogP contribution in [0.25, 0.3) is 0 Å². The second-order valence-corrected chi connectivity index (χ2v) is 6.41. The van der Waals surface area contributed by atoms with Gasteiger partial charge in [-0.3, -0.25) is 4.90 Å². The molecule has 1 fully saturated rings. The van der Waals surface area contributed by atoms with Gasteiger partial charge in [-0.1, -0.05) is 25.1 Å². The van der Waals surface area contributed by atoms with Crippen molar-refractivity contribution in [3.63, 3.8) is 0 Å². The number of rotatable bonds is 6. The lowest BCUT2D eigenvalue weighted by Gasteiger charge is -2.16. The maximum Gasteiger partial charge on any atom is 0.319 e. The minimum Gasteiger partial charge on any atom is -0.338 e. The highest BCUT2D eigenvalue weighted by Crippen LogP contribution is 2.17. The average Bonchev–Trinajstić information content (AvgIpc) is 3.08. The number of urea groups is 1. The van der Waals surface area contributed by atoms with E-state index in [1.807, 2.05) is 42.6 Å². The molecule has 3 rings (SSSR count). The maximum atomic E-state index is 12.0. The summed E-state index contributed by atoms with van der Waals surface area (Å²) in [5, 5.41) is 5.82. The molecule has 6 nitrogen and oxygen atoms in total. The highest BCUT2D eigenvalue weighted by molar-refractivity contribution is 5.89. The average molecular weight is 339 g/mol. The van der Waals surface area contributed by atoms with E-state index in [2.05, 4.69) is 32.4 Å². The Hall–Kier alpha value is -2.47. The first-order valence-corrected chi connectivity index (χ1v) is 8.86. The van der Waals surface area contributed by atoms with Gasteiger partial charge in [0.05, 0.1) is 5.69 Å². The number of anilines is 1. The normalized spacial score (nSPS) is 17.4. The Balaban J connectivity index is 1.41. The molecule has 2 N–H and O–H groups in total. The van der Waals surface area contributed by atoms with Crippen LogP contribution in [0.5, 0.6) is 0 Å². The van der Waals surface area contributed by atoms with Gasteiger partial charge in [0.1, 0.15) is 5.82 Å². The summed E-state index contributed by atoms with van der Waals surface area (Å²) in [5.41, 5.74) is 1.88. The van der Waals surface area contributed by atoms with Crippen LogP contribution in [0.2, 0.25) is 0 Å². The molecule has 1 aliphatic rings. The van der Waals surface area contributed by atoms with E-state index in [1.54, 1.807) is 0 Å². The van der Waals surface area contributed by atoms with Crippen molar-refractivity contribution in [3.8, 4) is 0 Å². The molecule has 0 radical (unpaired) electrons. The van der Waals surface area contributed by atoms with Crippen molar-refractivity contribution in [2.45, 2.75) is 26.3 Å². The summed E-state index contributed by atoms with van der Waals surface area (Å²) in [4.78, 5) is 23.2. The summed E-state index contributed by atoms with van der Waals surface area (Å²) >= 11 is 0. The van der Waals surface area contributed by atoms with Crippen molar-refractivity contribution >= 4 is 11.7 Å². The molecule has 0 saturated carbocycles. The van der Waals surface area contributed by atoms with Crippen molar-refractivity contribution in [2.75, 3.05) is 25.0 Å². The van der Waals surface area contributed by atoms with Crippen molar-refractivity contribution in [1.29, 1.82) is 0 Å². The number of nitrogens with one attached hydrogen (secondary N) is 2. The predicted octanol–water partition coefficient (Wildman–Crippen LogP) is 2.68. The molecule has 0 bridgehead atoms. The lowest BCUT2D eigenvalue weighted by Crippen LogP contribution is -2.34. The first kappa shape index (κ1) is 17.4. The number of nitrogens with zero attached hydrogens (tertiary/aromatic N) is 3. The number of amides is 2. The molecule has 1 aliphatic heterocycles. The van der Waals surface area contributed by atoms with Gasteiger partial charge >= 0.3 is 6.03 Å². The van der Waals surface area contributed by atoms with Crippen LogP contribution in [0.4, 0.5) is 10.5 Å². The molecule has 1 aromatic heterocycles. The largest absolute Gasteiger partial charge is 0.338 e. The van der Waals surface area contributed by atoms with Crippen molar-refractivity contribution < 1.29 is 4.79 Å². The van der Waals surface area contributed by atoms with E-state index < -0.39 is 0 Å². The number of carbonyl (C=O) groups is 1. The molecule has 2 heterocycles. The zero-order valence-electron chi connectivity index (χ0n) is 14.6. The Morgan fingerprint density at radius 2 is 2.12 bits per heavy atom. The van der Waals surface area contributed by atoms with Gasteiger partial charge in [-0.15, -0.1) is 0 Å². The number of hydrogen-bond donors (Lipinski definition) is 2. The number of aryl methyl sites for hydroxylation is 1. The second-order valence-electron chi connectivity index (χ2n) is 6.41. The van der Waals surface area contributed by atoms with Gasteiger partial charge < -0.3 is 10.6 Å². The van der Waals surface area contributed by atoms with Crippen LogP contribution in [0.1, 0.15) is 24.9 Å². The molecule has 0 unspecified atom stereocenters. The summed E-state index contributed by atoms with van der Waals surface area (Å²) in [5.74, 6) is 1.38. The lowest BCUT2D eigenvalue weighted by molar-refractivity contribution is 0.249. The topological polar surface area (TPSA) is 70.2 Å². The predicted molar refractivity (Wildman–Crippen MR) is 98.3 cm³/mol. The Morgan fingerprint density at radius 1 is 1.28 bits per heavy atom. The highest BCUT2D eigenvalue weighted by Gasteiger charge is 2.23. The molecule has 0 spiro atoms. The van der Waals surface area contributed by atoms with Crippen molar-refractivity contribution in [3.05, 3.63) is 54.1 Å². The van der Waals surface area contributed by atoms with E-state index in [0.717, 1.165) is 49.7 Å². The highest BCUT2D eigenvalue weighted by atomic mass is 16.2. The molecule has 1 atom stereocenters. The summed E-state index contributed by atoms with van der Waals surface area (Å²) in [7, 11) is 0. The monoisotopic (exact) mass is 339 g/mol. The third-order valence-corrected chi connectivity index (χ3v) is 4.42. The zero-order chi connectivity index (χ0) is 17.5. The number of aromatic nitrogens is 2. The quantitative estimate of drug-likeness (QED) is 0.849. The molecule has 6 heteroatoms. The summed E-state index contributed by atoms with van der Waals surface area (Å²) < 4.78 is 0. The van der Waals surface area contributed by atoms with E-state index in [-0.39, 0.29) is 6.03 Å². The smallest absolute Gasteiger partial charge is 0.319 e. The van der Waals surface area contributed by atoms with Crippen LogP contribution >= 0.6 is 0 Å². The van der Waals surface area contributed by atoms with Crippen molar-refractivity contribution in [2.24, 2.45) is 5.92 Å².